The average molecular weight is 378 g/mol. The van der Waals surface area contributed by atoms with Crippen LogP contribution in [0.3, 0.4) is 0 Å². The van der Waals surface area contributed by atoms with Crippen molar-refractivity contribution < 1.29 is 14.3 Å². The maximum atomic E-state index is 12.0. The maximum absolute atomic E-state index is 12.0. The lowest BCUT2D eigenvalue weighted by atomic mass is 10.1. The Bertz CT molecular complexity index is 709. The summed E-state index contributed by atoms with van der Waals surface area (Å²) >= 11 is 3.52. The zero-order valence-electron chi connectivity index (χ0n) is 12.6. The summed E-state index contributed by atoms with van der Waals surface area (Å²) in [4.78, 5) is 28.2. The first-order chi connectivity index (χ1) is 10.9. The van der Waals surface area contributed by atoms with Crippen LogP contribution in [0.2, 0.25) is 0 Å². The fourth-order valence-electron chi connectivity index (χ4n) is 2.71. The minimum absolute atomic E-state index is 0.152. The summed E-state index contributed by atoms with van der Waals surface area (Å²) in [6.45, 7) is 9.46. The van der Waals surface area contributed by atoms with Gasteiger partial charge in [0.25, 0.3) is 5.54 Å². The van der Waals surface area contributed by atoms with Crippen LogP contribution in [-0.4, -0.2) is 31.2 Å². The second-order valence-electron chi connectivity index (χ2n) is 5.86. The van der Waals surface area contributed by atoms with Crippen LogP contribution < -0.4 is 10.2 Å². The Hall–Kier alpha value is -2.07. The van der Waals surface area contributed by atoms with E-state index in [4.69, 9.17) is 11.3 Å². The number of hydrogen-bond acceptors (Lipinski definition) is 3. The van der Waals surface area contributed by atoms with Gasteiger partial charge in [-0.1, -0.05) is 15.9 Å². The molecule has 1 heterocycles. The molecule has 0 spiro atoms. The summed E-state index contributed by atoms with van der Waals surface area (Å²) in [6.07, 6.45) is 0.965. The average Bonchev–Trinajstić information content (AvgIpc) is 3.22. The Morgan fingerprint density at radius 3 is 2.87 bits per heavy atom. The number of carbonyl (C=O) groups is 2. The van der Waals surface area contributed by atoms with E-state index in [-0.39, 0.29) is 12.0 Å². The van der Waals surface area contributed by atoms with E-state index in [1.165, 1.54) is 6.92 Å². The fraction of sp³-hybridized carbons (Fsp3) is 0.438. The molecule has 1 N–H and O–H groups in total. The summed E-state index contributed by atoms with van der Waals surface area (Å²) in [5, 5.41) is 2.65. The molecule has 120 valence electrons. The minimum Gasteiger partial charge on any atom is -0.442 e. The summed E-state index contributed by atoms with van der Waals surface area (Å²) in [6, 6.07) is 5.59. The van der Waals surface area contributed by atoms with Gasteiger partial charge in [-0.2, -0.15) is 0 Å². The van der Waals surface area contributed by atoms with E-state index in [2.05, 4.69) is 26.1 Å². The Balaban J connectivity index is 1.75. The van der Waals surface area contributed by atoms with Crippen LogP contribution in [0.5, 0.6) is 0 Å². The molecule has 0 radical (unpaired) electrons. The first kappa shape index (κ1) is 15.8. The predicted molar refractivity (Wildman–Crippen MR) is 88.0 cm³/mol. The number of halogens is 1. The van der Waals surface area contributed by atoms with Crippen LogP contribution in [-0.2, 0) is 15.1 Å². The van der Waals surface area contributed by atoms with E-state index < -0.39 is 11.6 Å². The molecule has 1 aromatic rings. The van der Waals surface area contributed by atoms with Gasteiger partial charge in [0.1, 0.15) is 6.10 Å². The van der Waals surface area contributed by atoms with Gasteiger partial charge >= 0.3 is 6.09 Å². The van der Waals surface area contributed by atoms with Crippen molar-refractivity contribution in [2.45, 2.75) is 31.4 Å². The first-order valence-electron chi connectivity index (χ1n) is 7.36. The molecule has 2 aliphatic rings. The Kier molecular flexibility index (Phi) is 4.02. The third kappa shape index (κ3) is 3.04. The molecule has 0 unspecified atom stereocenters. The minimum atomic E-state index is -0.425. The van der Waals surface area contributed by atoms with Gasteiger partial charge in [0.05, 0.1) is 18.7 Å². The van der Waals surface area contributed by atoms with Crippen molar-refractivity contribution in [2.75, 3.05) is 18.0 Å². The fourth-order valence-corrected chi connectivity index (χ4v) is 3.44. The van der Waals surface area contributed by atoms with Gasteiger partial charge in [0, 0.05) is 29.9 Å². The summed E-state index contributed by atoms with van der Waals surface area (Å²) in [7, 11) is 0. The molecule has 0 bridgehead atoms. The molecule has 1 aromatic carbocycles. The molecular weight excluding hydrogens is 362 g/mol. The third-order valence-electron chi connectivity index (χ3n) is 4.16. The molecule has 1 saturated heterocycles. The molecule has 2 fully saturated rings. The quantitative estimate of drug-likeness (QED) is 0.820. The summed E-state index contributed by atoms with van der Waals surface area (Å²) in [5.41, 5.74) is 1.30. The van der Waals surface area contributed by atoms with Gasteiger partial charge in [-0.05, 0) is 18.2 Å². The van der Waals surface area contributed by atoms with Crippen molar-refractivity contribution in [3.05, 3.63) is 39.7 Å². The molecule has 3 rings (SSSR count). The standard InChI is InChI=1S/C16H16BrN3O3/c1-10(21)19-8-12-9-20(15(22)23-12)11-3-4-13(14(17)7-11)16(18-2)5-6-16/h3-4,7,12H,5-6,8-9H2,1H3,(H,19,21)/t12-/m0/s1. The molecule has 1 saturated carbocycles. The molecule has 6 nitrogen and oxygen atoms in total. The van der Waals surface area contributed by atoms with Crippen LogP contribution in [0.15, 0.2) is 22.7 Å². The number of nitrogens with zero attached hydrogens (tertiary/aromatic N) is 2. The zero-order chi connectivity index (χ0) is 16.6. The zero-order valence-corrected chi connectivity index (χ0v) is 14.2. The number of carbonyl (C=O) groups excluding carboxylic acids is 2. The highest BCUT2D eigenvalue weighted by atomic mass is 79.9. The van der Waals surface area contributed by atoms with Crippen molar-refractivity contribution in [3.63, 3.8) is 0 Å². The van der Waals surface area contributed by atoms with Crippen LogP contribution in [0.4, 0.5) is 10.5 Å². The second-order valence-corrected chi connectivity index (χ2v) is 6.72. The van der Waals surface area contributed by atoms with Crippen LogP contribution in [0, 0.1) is 6.57 Å². The SMILES string of the molecule is [C-]#[N+]C1(c2ccc(N3C[C@H](CNC(C)=O)OC3=O)cc2Br)CC1. The van der Waals surface area contributed by atoms with Gasteiger partial charge in [-0.3, -0.25) is 9.69 Å². The lowest BCUT2D eigenvalue weighted by Gasteiger charge is -2.15. The summed E-state index contributed by atoms with van der Waals surface area (Å²) in [5.74, 6) is -0.152. The monoisotopic (exact) mass is 377 g/mol. The van der Waals surface area contributed by atoms with Crippen molar-refractivity contribution >= 4 is 33.6 Å². The number of benzene rings is 1. The third-order valence-corrected chi connectivity index (χ3v) is 4.81. The first-order valence-corrected chi connectivity index (χ1v) is 8.16. The van der Waals surface area contributed by atoms with E-state index in [1.54, 1.807) is 4.90 Å². The highest BCUT2D eigenvalue weighted by molar-refractivity contribution is 9.10. The van der Waals surface area contributed by atoms with Gasteiger partial charge in [0.15, 0.2) is 0 Å². The van der Waals surface area contributed by atoms with Crippen LogP contribution >= 0.6 is 15.9 Å². The number of nitrogens with one attached hydrogen (secondary N) is 1. The van der Waals surface area contributed by atoms with E-state index in [0.717, 1.165) is 28.6 Å². The summed E-state index contributed by atoms with van der Waals surface area (Å²) < 4.78 is 6.09. The molecule has 23 heavy (non-hydrogen) atoms. The number of rotatable bonds is 4. The smallest absolute Gasteiger partial charge is 0.414 e. The molecule has 7 heteroatoms. The highest BCUT2D eigenvalue weighted by Crippen LogP contribution is 2.52. The number of anilines is 1. The molecule has 1 atom stereocenters. The number of ether oxygens (including phenoxy) is 1. The van der Waals surface area contributed by atoms with E-state index in [0.29, 0.717) is 13.1 Å². The Morgan fingerprint density at radius 2 is 2.30 bits per heavy atom. The largest absolute Gasteiger partial charge is 0.442 e. The van der Waals surface area contributed by atoms with Gasteiger partial charge < -0.3 is 14.9 Å². The van der Waals surface area contributed by atoms with E-state index in [9.17, 15) is 9.59 Å². The molecule has 1 aliphatic carbocycles. The lowest BCUT2D eigenvalue weighted by molar-refractivity contribution is -0.119. The van der Waals surface area contributed by atoms with Crippen molar-refractivity contribution in [1.82, 2.24) is 5.32 Å². The van der Waals surface area contributed by atoms with Crippen molar-refractivity contribution in [2.24, 2.45) is 0 Å². The number of hydrogen-bond donors (Lipinski definition) is 1. The van der Waals surface area contributed by atoms with Crippen molar-refractivity contribution in [3.8, 4) is 0 Å². The van der Waals surface area contributed by atoms with Crippen LogP contribution in [0.1, 0.15) is 25.3 Å². The van der Waals surface area contributed by atoms with Crippen molar-refractivity contribution in [1.29, 1.82) is 0 Å². The van der Waals surface area contributed by atoms with E-state index >= 15 is 0 Å². The number of cyclic esters (lactones) is 1. The van der Waals surface area contributed by atoms with Gasteiger partial charge in [0.2, 0.25) is 5.91 Å². The molecular formula is C16H16BrN3O3. The Morgan fingerprint density at radius 1 is 1.57 bits per heavy atom. The predicted octanol–water partition coefficient (Wildman–Crippen LogP) is 2.82. The van der Waals surface area contributed by atoms with Crippen LogP contribution in [0.25, 0.3) is 4.85 Å². The van der Waals surface area contributed by atoms with Gasteiger partial charge in [-0.25, -0.2) is 11.4 Å². The highest BCUT2D eigenvalue weighted by Gasteiger charge is 2.53. The Labute approximate surface area is 142 Å². The second kappa shape index (κ2) is 5.85. The topological polar surface area (TPSA) is 63.0 Å². The normalized spacial score (nSPS) is 21.5. The number of amides is 2. The van der Waals surface area contributed by atoms with E-state index in [1.807, 2.05) is 18.2 Å². The molecule has 1 aliphatic heterocycles. The molecule has 2 amide bonds. The maximum Gasteiger partial charge on any atom is 0.414 e. The lowest BCUT2D eigenvalue weighted by Crippen LogP contribution is -2.33. The van der Waals surface area contributed by atoms with Gasteiger partial charge in [-0.15, -0.1) is 0 Å². The molecule has 0 aromatic heterocycles.